The smallest absolute Gasteiger partial charge is 0.322 e. The average Bonchev–Trinajstić information content (AvgIpc) is 2.74. The first-order valence-corrected chi connectivity index (χ1v) is 9.49. The molecule has 0 aromatic heterocycles. The van der Waals surface area contributed by atoms with Gasteiger partial charge in [0.25, 0.3) is 11.8 Å². The SMILES string of the molecule is O=C(Nc1ccccc1)c1ccc(Cl)c(NC(=O)c2cc(C(F)(F)F)cc(C(F)(F)F)c2)c1. The van der Waals surface area contributed by atoms with Gasteiger partial charge in [0.15, 0.2) is 0 Å². The van der Waals surface area contributed by atoms with Crippen LogP contribution in [0.2, 0.25) is 5.02 Å². The van der Waals surface area contributed by atoms with E-state index < -0.39 is 40.9 Å². The summed E-state index contributed by atoms with van der Waals surface area (Å²) < 4.78 is 78.3. The molecule has 3 aromatic rings. The number of hydrogen-bond acceptors (Lipinski definition) is 2. The second-order valence-corrected chi connectivity index (χ2v) is 7.17. The van der Waals surface area contributed by atoms with Gasteiger partial charge >= 0.3 is 12.4 Å². The van der Waals surface area contributed by atoms with Gasteiger partial charge in [-0.2, -0.15) is 26.3 Å². The molecule has 4 nitrogen and oxygen atoms in total. The number of anilines is 2. The van der Waals surface area contributed by atoms with Crippen molar-refractivity contribution >= 4 is 34.8 Å². The lowest BCUT2D eigenvalue weighted by atomic mass is 10.0. The summed E-state index contributed by atoms with van der Waals surface area (Å²) in [6, 6.07) is 12.6. The monoisotopic (exact) mass is 486 g/mol. The Morgan fingerprint density at radius 3 is 1.76 bits per heavy atom. The quantitative estimate of drug-likeness (QED) is 0.395. The van der Waals surface area contributed by atoms with Crippen LogP contribution in [0.3, 0.4) is 0 Å². The number of carbonyl (C=O) groups excluding carboxylic acids is 2. The summed E-state index contributed by atoms with van der Waals surface area (Å²) in [6.45, 7) is 0. The van der Waals surface area contributed by atoms with E-state index >= 15 is 0 Å². The van der Waals surface area contributed by atoms with Crippen molar-refractivity contribution in [1.82, 2.24) is 0 Å². The molecular weight excluding hydrogens is 474 g/mol. The highest BCUT2D eigenvalue weighted by Gasteiger charge is 2.37. The van der Waals surface area contributed by atoms with Crippen LogP contribution >= 0.6 is 11.6 Å². The van der Waals surface area contributed by atoms with E-state index in [9.17, 15) is 35.9 Å². The Hall–Kier alpha value is -3.53. The average molecular weight is 487 g/mol. The third-order valence-electron chi connectivity index (χ3n) is 4.36. The van der Waals surface area contributed by atoms with Crippen molar-refractivity contribution < 1.29 is 35.9 Å². The summed E-state index contributed by atoms with van der Waals surface area (Å²) in [5.74, 6) is -1.85. The van der Waals surface area contributed by atoms with E-state index in [2.05, 4.69) is 10.6 Å². The first-order chi connectivity index (χ1) is 15.3. The summed E-state index contributed by atoms with van der Waals surface area (Å²) in [5.41, 5.74) is -3.81. The number of benzene rings is 3. The molecule has 0 radical (unpaired) electrons. The lowest BCUT2D eigenvalue weighted by Crippen LogP contribution is -2.18. The van der Waals surface area contributed by atoms with Crippen LogP contribution < -0.4 is 10.6 Å². The minimum atomic E-state index is -5.11. The predicted octanol–water partition coefficient (Wildman–Crippen LogP) is 6.88. The lowest BCUT2D eigenvalue weighted by Gasteiger charge is -2.15. The van der Waals surface area contributed by atoms with Gasteiger partial charge in [-0.25, -0.2) is 0 Å². The van der Waals surface area contributed by atoms with Crippen LogP contribution in [0.1, 0.15) is 31.8 Å². The van der Waals surface area contributed by atoms with Crippen LogP contribution in [0.15, 0.2) is 66.7 Å². The molecule has 0 aliphatic carbocycles. The van der Waals surface area contributed by atoms with Crippen LogP contribution in [0.5, 0.6) is 0 Å². The van der Waals surface area contributed by atoms with Crippen molar-refractivity contribution in [3.8, 4) is 0 Å². The van der Waals surface area contributed by atoms with E-state index in [-0.39, 0.29) is 22.3 Å². The third-order valence-corrected chi connectivity index (χ3v) is 4.69. The molecule has 0 aliphatic rings. The van der Waals surface area contributed by atoms with E-state index in [1.165, 1.54) is 12.1 Å². The summed E-state index contributed by atoms with van der Waals surface area (Å²) in [6.07, 6.45) is -10.2. The van der Waals surface area contributed by atoms with Gasteiger partial charge in [-0.1, -0.05) is 29.8 Å². The summed E-state index contributed by atoms with van der Waals surface area (Å²) >= 11 is 5.99. The maximum Gasteiger partial charge on any atom is 0.416 e. The highest BCUT2D eigenvalue weighted by atomic mass is 35.5. The highest BCUT2D eigenvalue weighted by molar-refractivity contribution is 6.34. The Kier molecular flexibility index (Phi) is 6.68. The van der Waals surface area contributed by atoms with Gasteiger partial charge in [0.2, 0.25) is 0 Å². The fraction of sp³-hybridized carbons (Fsp3) is 0.0909. The fourth-order valence-corrected chi connectivity index (χ4v) is 2.93. The van der Waals surface area contributed by atoms with Gasteiger partial charge in [0.05, 0.1) is 21.8 Å². The molecule has 2 amide bonds. The van der Waals surface area contributed by atoms with Gasteiger partial charge in [-0.05, 0) is 48.5 Å². The third kappa shape index (κ3) is 6.04. The predicted molar refractivity (Wildman–Crippen MR) is 110 cm³/mol. The van der Waals surface area contributed by atoms with Crippen molar-refractivity contribution in [2.24, 2.45) is 0 Å². The van der Waals surface area contributed by atoms with Gasteiger partial charge in [0.1, 0.15) is 0 Å². The molecule has 0 atom stereocenters. The van der Waals surface area contributed by atoms with Crippen molar-refractivity contribution in [3.63, 3.8) is 0 Å². The number of para-hydroxylation sites is 1. The molecule has 2 N–H and O–H groups in total. The number of nitrogens with one attached hydrogen (secondary N) is 2. The van der Waals surface area contributed by atoms with Crippen LogP contribution in [0, 0.1) is 0 Å². The molecular formula is C22H13ClF6N2O2. The molecule has 33 heavy (non-hydrogen) atoms. The maximum atomic E-state index is 13.0. The summed E-state index contributed by atoms with van der Waals surface area (Å²) in [7, 11) is 0. The van der Waals surface area contributed by atoms with Crippen LogP contribution in [0.25, 0.3) is 0 Å². The Morgan fingerprint density at radius 1 is 0.667 bits per heavy atom. The molecule has 172 valence electrons. The van der Waals surface area contributed by atoms with Gasteiger partial charge < -0.3 is 10.6 Å². The summed E-state index contributed by atoms with van der Waals surface area (Å²) in [5, 5.41) is 4.67. The van der Waals surface area contributed by atoms with E-state index in [1.807, 2.05) is 0 Å². The molecule has 0 bridgehead atoms. The Morgan fingerprint density at radius 2 is 1.21 bits per heavy atom. The minimum Gasteiger partial charge on any atom is -0.322 e. The van der Waals surface area contributed by atoms with E-state index in [0.29, 0.717) is 17.8 Å². The van der Waals surface area contributed by atoms with Crippen molar-refractivity contribution in [3.05, 3.63) is 94.0 Å². The molecule has 0 saturated heterocycles. The lowest BCUT2D eigenvalue weighted by molar-refractivity contribution is -0.143. The zero-order chi connectivity index (χ0) is 24.4. The van der Waals surface area contributed by atoms with Crippen LogP contribution in [0.4, 0.5) is 37.7 Å². The topological polar surface area (TPSA) is 58.2 Å². The minimum absolute atomic E-state index is 0.0403. The van der Waals surface area contributed by atoms with Crippen molar-refractivity contribution in [2.45, 2.75) is 12.4 Å². The zero-order valence-corrected chi connectivity index (χ0v) is 17.1. The molecule has 0 saturated carbocycles. The number of rotatable bonds is 4. The molecule has 3 aromatic carbocycles. The number of hydrogen-bond donors (Lipinski definition) is 2. The molecule has 0 aliphatic heterocycles. The Balaban J connectivity index is 1.90. The van der Waals surface area contributed by atoms with E-state index in [1.54, 1.807) is 30.3 Å². The first-order valence-electron chi connectivity index (χ1n) is 9.11. The van der Waals surface area contributed by atoms with E-state index in [0.717, 1.165) is 6.07 Å². The van der Waals surface area contributed by atoms with Gasteiger partial charge in [-0.3, -0.25) is 9.59 Å². The highest BCUT2D eigenvalue weighted by Crippen LogP contribution is 2.36. The van der Waals surface area contributed by atoms with Crippen molar-refractivity contribution in [2.75, 3.05) is 10.6 Å². The number of alkyl halides is 6. The summed E-state index contributed by atoms with van der Waals surface area (Å²) in [4.78, 5) is 24.9. The number of amides is 2. The number of halogens is 7. The van der Waals surface area contributed by atoms with Crippen LogP contribution in [-0.2, 0) is 12.4 Å². The van der Waals surface area contributed by atoms with E-state index in [4.69, 9.17) is 11.6 Å². The fourth-order valence-electron chi connectivity index (χ4n) is 2.77. The standard InChI is InChI=1S/C22H13ClF6N2O2/c23-17-7-6-12(19(32)30-16-4-2-1-3-5-16)10-18(17)31-20(33)13-8-14(21(24,25)26)11-15(9-13)22(27,28)29/h1-11H,(H,30,32)(H,31,33). The molecule has 0 heterocycles. The van der Waals surface area contributed by atoms with Gasteiger partial charge in [-0.15, -0.1) is 0 Å². The van der Waals surface area contributed by atoms with Crippen molar-refractivity contribution in [1.29, 1.82) is 0 Å². The molecule has 0 fully saturated rings. The molecule has 0 unspecified atom stereocenters. The van der Waals surface area contributed by atoms with Gasteiger partial charge in [0, 0.05) is 16.8 Å². The normalized spacial score (nSPS) is 11.7. The maximum absolute atomic E-state index is 13.0. The molecule has 0 spiro atoms. The second-order valence-electron chi connectivity index (χ2n) is 6.76. The Labute approximate surface area is 188 Å². The Bertz CT molecular complexity index is 1160. The largest absolute Gasteiger partial charge is 0.416 e. The number of carbonyl (C=O) groups is 2. The second kappa shape index (κ2) is 9.14. The molecule has 11 heteroatoms. The molecule has 3 rings (SSSR count). The zero-order valence-electron chi connectivity index (χ0n) is 16.3. The first kappa shape index (κ1) is 24.1. The van der Waals surface area contributed by atoms with Crippen LogP contribution in [-0.4, -0.2) is 11.8 Å².